The average Bonchev–Trinajstić information content (AvgIpc) is 2.70. The number of hydrogen-bond acceptors (Lipinski definition) is 4. The fraction of sp³-hybridized carbons (Fsp3) is 0.500. The van der Waals surface area contributed by atoms with Crippen LogP contribution in [0, 0.1) is 6.92 Å². The minimum absolute atomic E-state index is 0.419. The van der Waals surface area contributed by atoms with E-state index in [9.17, 15) is 4.79 Å². The van der Waals surface area contributed by atoms with E-state index < -0.39 is 11.7 Å². The highest BCUT2D eigenvalue weighted by Crippen LogP contribution is 2.12. The zero-order chi connectivity index (χ0) is 15.3. The number of nitrogens with one attached hydrogen (secondary N) is 1. The lowest BCUT2D eigenvalue weighted by molar-refractivity contribution is 0.0635. The molecule has 2 aromatic heterocycles. The Balaban J connectivity index is 0.000000956. The fourth-order valence-corrected chi connectivity index (χ4v) is 1.45. The Morgan fingerprint density at radius 3 is 2.55 bits per heavy atom. The number of aryl methyl sites for hydroxylation is 1. The molecule has 6 heteroatoms. The van der Waals surface area contributed by atoms with E-state index in [0.29, 0.717) is 11.5 Å². The Morgan fingerprint density at radius 2 is 1.95 bits per heavy atom. The Labute approximate surface area is 119 Å². The van der Waals surface area contributed by atoms with Crippen LogP contribution in [0.5, 0.6) is 0 Å². The van der Waals surface area contributed by atoms with Crippen molar-refractivity contribution in [1.29, 1.82) is 0 Å². The maximum absolute atomic E-state index is 11.6. The average molecular weight is 278 g/mol. The van der Waals surface area contributed by atoms with Crippen molar-refractivity contribution >= 4 is 17.6 Å². The Hall–Kier alpha value is -2.11. The molecular weight excluding hydrogens is 256 g/mol. The molecule has 0 aliphatic heterocycles. The molecule has 20 heavy (non-hydrogen) atoms. The van der Waals surface area contributed by atoms with Gasteiger partial charge >= 0.3 is 6.09 Å². The van der Waals surface area contributed by atoms with Crippen LogP contribution < -0.4 is 5.32 Å². The van der Waals surface area contributed by atoms with E-state index in [1.807, 2.05) is 32.9 Å². The zero-order valence-electron chi connectivity index (χ0n) is 12.9. The molecule has 6 nitrogen and oxygen atoms in total. The number of amides is 1. The largest absolute Gasteiger partial charge is 0.444 e. The molecule has 0 fully saturated rings. The summed E-state index contributed by atoms with van der Waals surface area (Å²) in [6, 6.07) is 3.70. The molecule has 0 atom stereocenters. The van der Waals surface area contributed by atoms with Gasteiger partial charge in [0, 0.05) is 0 Å². The molecule has 2 rings (SSSR count). The number of carbonyl (C=O) groups excluding carboxylic acids is 1. The summed E-state index contributed by atoms with van der Waals surface area (Å²) in [7, 11) is 0. The highest BCUT2D eigenvalue weighted by Gasteiger charge is 2.17. The lowest BCUT2D eigenvalue weighted by atomic mass is 10.2. The van der Waals surface area contributed by atoms with Crippen LogP contribution in [0.25, 0.3) is 5.65 Å². The molecule has 2 aromatic rings. The molecule has 0 aliphatic carbocycles. The van der Waals surface area contributed by atoms with Crippen LogP contribution in [0.4, 0.5) is 10.6 Å². The molecule has 0 saturated heterocycles. The summed E-state index contributed by atoms with van der Waals surface area (Å²) in [4.78, 5) is 15.8. The molecule has 0 bridgehead atoms. The molecule has 0 aromatic carbocycles. The first-order chi connectivity index (χ1) is 9.33. The van der Waals surface area contributed by atoms with Crippen molar-refractivity contribution in [1.82, 2.24) is 14.6 Å². The van der Waals surface area contributed by atoms with Gasteiger partial charge in [0.25, 0.3) is 0 Å². The number of carbonyl (C=O) groups is 1. The van der Waals surface area contributed by atoms with Crippen LogP contribution >= 0.6 is 0 Å². The second-order valence-corrected chi connectivity index (χ2v) is 5.03. The molecule has 110 valence electrons. The summed E-state index contributed by atoms with van der Waals surface area (Å²) in [5.74, 6) is 0.419. The van der Waals surface area contributed by atoms with Crippen molar-refractivity contribution in [3.63, 3.8) is 0 Å². The number of nitrogens with zero attached hydrogens (tertiary/aromatic N) is 3. The fourth-order valence-electron chi connectivity index (χ4n) is 1.45. The van der Waals surface area contributed by atoms with E-state index in [4.69, 9.17) is 4.74 Å². The number of ether oxygens (including phenoxy) is 1. The Bertz CT molecular complexity index is 584. The van der Waals surface area contributed by atoms with E-state index in [1.165, 1.54) is 0 Å². The quantitative estimate of drug-likeness (QED) is 0.868. The van der Waals surface area contributed by atoms with E-state index in [0.717, 1.165) is 5.69 Å². The van der Waals surface area contributed by atoms with E-state index in [-0.39, 0.29) is 0 Å². The minimum Gasteiger partial charge on any atom is -0.444 e. The Kier molecular flexibility index (Phi) is 5.07. The van der Waals surface area contributed by atoms with Gasteiger partial charge in [-0.05, 0) is 39.8 Å². The number of rotatable bonds is 1. The lowest BCUT2D eigenvalue weighted by Gasteiger charge is -2.18. The van der Waals surface area contributed by atoms with Gasteiger partial charge in [0.1, 0.15) is 5.60 Å². The second-order valence-electron chi connectivity index (χ2n) is 5.03. The zero-order valence-corrected chi connectivity index (χ0v) is 12.9. The van der Waals surface area contributed by atoms with Gasteiger partial charge in [0.2, 0.25) is 0 Å². The topological polar surface area (TPSA) is 68.5 Å². The van der Waals surface area contributed by atoms with Gasteiger partial charge in [0.05, 0.1) is 11.9 Å². The molecule has 0 aliphatic rings. The third-order valence-electron chi connectivity index (χ3n) is 2.08. The van der Waals surface area contributed by atoms with Gasteiger partial charge in [-0.1, -0.05) is 13.8 Å². The van der Waals surface area contributed by atoms with Crippen LogP contribution in [0.2, 0.25) is 0 Å². The molecule has 2 heterocycles. The molecule has 0 saturated carbocycles. The van der Waals surface area contributed by atoms with Crippen LogP contribution in [-0.4, -0.2) is 26.3 Å². The van der Waals surface area contributed by atoms with Crippen LogP contribution in [0.3, 0.4) is 0 Å². The summed E-state index contributed by atoms with van der Waals surface area (Å²) < 4.78 is 6.75. The normalized spacial score (nSPS) is 10.7. The van der Waals surface area contributed by atoms with Crippen molar-refractivity contribution < 1.29 is 9.53 Å². The third-order valence-corrected chi connectivity index (χ3v) is 2.08. The maximum Gasteiger partial charge on any atom is 0.413 e. The Morgan fingerprint density at radius 1 is 1.30 bits per heavy atom. The second kappa shape index (κ2) is 6.36. The van der Waals surface area contributed by atoms with Crippen LogP contribution in [0.15, 0.2) is 18.3 Å². The highest BCUT2D eigenvalue weighted by atomic mass is 16.6. The van der Waals surface area contributed by atoms with Crippen molar-refractivity contribution in [3.05, 3.63) is 24.0 Å². The summed E-state index contributed by atoms with van der Waals surface area (Å²) in [5, 5.41) is 6.81. The predicted molar refractivity (Wildman–Crippen MR) is 78.9 cm³/mol. The van der Waals surface area contributed by atoms with Crippen molar-refractivity contribution in [2.75, 3.05) is 5.32 Å². The summed E-state index contributed by atoms with van der Waals surface area (Å²) in [5.41, 5.74) is 1.02. The first kappa shape index (κ1) is 15.9. The van der Waals surface area contributed by atoms with Gasteiger partial charge in [-0.15, -0.1) is 0 Å². The molecular formula is C14H22N4O2. The molecule has 1 amide bonds. The molecule has 1 N–H and O–H groups in total. The number of hydrogen-bond donors (Lipinski definition) is 1. The monoisotopic (exact) mass is 278 g/mol. The smallest absolute Gasteiger partial charge is 0.413 e. The summed E-state index contributed by atoms with van der Waals surface area (Å²) in [6.07, 6.45) is 1.12. The van der Waals surface area contributed by atoms with Crippen molar-refractivity contribution in [2.45, 2.75) is 47.1 Å². The summed E-state index contributed by atoms with van der Waals surface area (Å²) in [6.45, 7) is 11.3. The van der Waals surface area contributed by atoms with Gasteiger partial charge in [-0.25, -0.2) is 14.3 Å². The number of aromatic nitrogens is 3. The lowest BCUT2D eigenvalue weighted by Crippen LogP contribution is -2.27. The number of fused-ring (bicyclic) bond motifs is 1. The van der Waals surface area contributed by atoms with Crippen LogP contribution in [-0.2, 0) is 4.74 Å². The number of anilines is 1. The minimum atomic E-state index is -0.530. The van der Waals surface area contributed by atoms with Gasteiger partial charge < -0.3 is 4.74 Å². The summed E-state index contributed by atoms with van der Waals surface area (Å²) >= 11 is 0. The van der Waals surface area contributed by atoms with Crippen molar-refractivity contribution in [3.8, 4) is 0 Å². The van der Waals surface area contributed by atoms with Gasteiger partial charge in [0.15, 0.2) is 11.5 Å². The van der Waals surface area contributed by atoms with Crippen molar-refractivity contribution in [2.24, 2.45) is 0 Å². The molecule has 0 radical (unpaired) electrons. The highest BCUT2D eigenvalue weighted by molar-refractivity contribution is 5.83. The van der Waals surface area contributed by atoms with E-state index in [2.05, 4.69) is 15.4 Å². The number of imidazole rings is 1. The molecule has 0 spiro atoms. The SMILES string of the molecule is CC.Cc1ccc2nc(NC(=O)OC(C)(C)C)cn2n1. The maximum atomic E-state index is 11.6. The van der Waals surface area contributed by atoms with E-state index in [1.54, 1.807) is 31.5 Å². The van der Waals surface area contributed by atoms with E-state index >= 15 is 0 Å². The van der Waals surface area contributed by atoms with Crippen LogP contribution in [0.1, 0.15) is 40.3 Å². The molecule has 0 unspecified atom stereocenters. The first-order valence-electron chi connectivity index (χ1n) is 6.66. The van der Waals surface area contributed by atoms with Gasteiger partial charge in [-0.3, -0.25) is 5.32 Å². The van der Waals surface area contributed by atoms with Gasteiger partial charge in [-0.2, -0.15) is 5.10 Å². The predicted octanol–water partition coefficient (Wildman–Crippen LogP) is 3.41. The first-order valence-corrected chi connectivity index (χ1v) is 6.66. The third kappa shape index (κ3) is 4.53. The standard InChI is InChI=1S/C12H16N4O2.C2H6/c1-8-5-6-10-13-9(7-16(10)15-8)14-11(17)18-12(2,3)4;1-2/h5-7H,1-4H3,(H,14,17);1-2H3.